The number of hydrogen-bond acceptors (Lipinski definition) is 6. The molecule has 0 radical (unpaired) electrons. The monoisotopic (exact) mass is 552 g/mol. The van der Waals surface area contributed by atoms with Crippen LogP contribution in [0.1, 0.15) is 12.5 Å². The number of nitrogens with zero attached hydrogens (tertiary/aromatic N) is 2. The van der Waals surface area contributed by atoms with Crippen molar-refractivity contribution in [2.75, 3.05) is 19.6 Å². The van der Waals surface area contributed by atoms with E-state index < -0.39 is 34.6 Å². The van der Waals surface area contributed by atoms with Gasteiger partial charge in [0.1, 0.15) is 12.5 Å². The summed E-state index contributed by atoms with van der Waals surface area (Å²) in [7, 11) is -5.16. The van der Waals surface area contributed by atoms with Gasteiger partial charge in [0.25, 0.3) is 0 Å². The van der Waals surface area contributed by atoms with Crippen molar-refractivity contribution in [1.29, 1.82) is 0 Å². The first-order chi connectivity index (χ1) is 14.1. The molecule has 0 aliphatic carbocycles. The fraction of sp³-hybridized carbons (Fsp3) is 0.474. The smallest absolute Gasteiger partial charge is 0.415 e. The Balaban J connectivity index is 2.43. The number of halogens is 2. The van der Waals surface area contributed by atoms with Crippen LogP contribution in [-0.2, 0) is 19.3 Å². The van der Waals surface area contributed by atoms with E-state index in [9.17, 15) is 22.7 Å². The molecule has 0 aromatic heterocycles. The van der Waals surface area contributed by atoms with E-state index >= 15 is 0 Å². The normalized spacial score (nSPS) is 19.6. The highest BCUT2D eigenvalue weighted by molar-refractivity contribution is 9.10. The molecule has 0 spiro atoms. The third-order valence-electron chi connectivity index (χ3n) is 4.43. The SMILES string of the molecule is CC1(c2cc(Br)ccc2F)C=C(S(C)(=O)=O)N=C(N(COCC[Si](C)(C)C)C(=O)O)S1. The zero-order valence-corrected chi connectivity index (χ0v) is 22.2. The van der Waals surface area contributed by atoms with Crippen LogP contribution in [0, 0.1) is 5.82 Å². The van der Waals surface area contributed by atoms with Crippen molar-refractivity contribution in [1.82, 2.24) is 4.90 Å². The molecular formula is C19H26BrFN2O5S2Si. The Morgan fingerprint density at radius 3 is 2.58 bits per heavy atom. The lowest BCUT2D eigenvalue weighted by Crippen LogP contribution is -2.40. The molecule has 1 amide bonds. The molecule has 1 unspecified atom stereocenters. The van der Waals surface area contributed by atoms with Crippen molar-refractivity contribution < 1.29 is 27.4 Å². The van der Waals surface area contributed by atoms with Gasteiger partial charge in [-0.3, -0.25) is 0 Å². The lowest BCUT2D eigenvalue weighted by Gasteiger charge is -2.33. The molecule has 1 aromatic carbocycles. The highest BCUT2D eigenvalue weighted by Gasteiger charge is 2.39. The molecule has 0 saturated heterocycles. The van der Waals surface area contributed by atoms with Crippen molar-refractivity contribution >= 4 is 56.9 Å². The maximum atomic E-state index is 14.7. The van der Waals surface area contributed by atoms with Crippen LogP contribution in [0.15, 0.2) is 38.8 Å². The number of hydrogen-bond donors (Lipinski definition) is 1. The molecule has 31 heavy (non-hydrogen) atoms. The molecule has 0 bridgehead atoms. The molecule has 1 atom stereocenters. The molecule has 0 saturated carbocycles. The highest BCUT2D eigenvalue weighted by atomic mass is 79.9. The predicted molar refractivity (Wildman–Crippen MR) is 128 cm³/mol. The number of rotatable bonds is 7. The van der Waals surface area contributed by atoms with Gasteiger partial charge >= 0.3 is 6.09 Å². The van der Waals surface area contributed by atoms with Crippen LogP contribution in [0.2, 0.25) is 25.7 Å². The van der Waals surface area contributed by atoms with Gasteiger partial charge in [-0.05, 0) is 37.2 Å². The maximum absolute atomic E-state index is 14.7. The Labute approximate surface area is 195 Å². The second-order valence-electron chi connectivity index (χ2n) is 8.54. The van der Waals surface area contributed by atoms with Crippen LogP contribution in [0.3, 0.4) is 0 Å². The summed E-state index contributed by atoms with van der Waals surface area (Å²) in [6.45, 7) is 8.21. The Hall–Kier alpha value is -1.21. The van der Waals surface area contributed by atoms with Crippen LogP contribution < -0.4 is 0 Å². The van der Waals surface area contributed by atoms with Crippen LogP contribution in [0.4, 0.5) is 9.18 Å². The van der Waals surface area contributed by atoms with Gasteiger partial charge in [-0.1, -0.05) is 47.3 Å². The molecule has 7 nitrogen and oxygen atoms in total. The number of ether oxygens (including phenoxy) is 1. The summed E-state index contributed by atoms with van der Waals surface area (Å²) in [5, 5.41) is 9.31. The molecular weight excluding hydrogens is 527 g/mol. The molecule has 1 heterocycles. The lowest BCUT2D eigenvalue weighted by molar-refractivity contribution is 0.0708. The topological polar surface area (TPSA) is 96.3 Å². The molecule has 12 heteroatoms. The summed E-state index contributed by atoms with van der Waals surface area (Å²) in [6, 6.07) is 5.17. The second kappa shape index (κ2) is 9.73. The van der Waals surface area contributed by atoms with Crippen LogP contribution in [-0.4, -0.2) is 57.4 Å². The molecule has 1 N–H and O–H groups in total. The number of aliphatic imine (C=N–C) groups is 1. The Morgan fingerprint density at radius 2 is 2.03 bits per heavy atom. The highest BCUT2D eigenvalue weighted by Crippen LogP contribution is 2.45. The zero-order chi connectivity index (χ0) is 23.6. The zero-order valence-electron chi connectivity index (χ0n) is 18.0. The summed E-state index contributed by atoms with van der Waals surface area (Å²) in [5.74, 6) is -0.545. The van der Waals surface area contributed by atoms with Crippen molar-refractivity contribution in [3.05, 3.63) is 45.2 Å². The van der Waals surface area contributed by atoms with Crippen LogP contribution in [0.25, 0.3) is 0 Å². The van der Waals surface area contributed by atoms with E-state index in [1.165, 1.54) is 24.3 Å². The first-order valence-corrected chi connectivity index (χ1v) is 16.6. The van der Waals surface area contributed by atoms with E-state index in [1.54, 1.807) is 6.92 Å². The van der Waals surface area contributed by atoms with Gasteiger partial charge in [-0.2, -0.15) is 0 Å². The minimum Gasteiger partial charge on any atom is -0.465 e. The van der Waals surface area contributed by atoms with Crippen molar-refractivity contribution in [3.63, 3.8) is 0 Å². The van der Waals surface area contributed by atoms with Gasteiger partial charge in [0, 0.05) is 31.0 Å². The molecule has 2 rings (SSSR count). The van der Waals surface area contributed by atoms with Gasteiger partial charge in [0.15, 0.2) is 20.0 Å². The Kier molecular flexibility index (Phi) is 8.18. The molecule has 0 fully saturated rings. The van der Waals surface area contributed by atoms with E-state index in [2.05, 4.69) is 40.6 Å². The standard InChI is InChI=1S/C19H26BrFN2O5S2Si/c1-19(14-10-13(20)6-7-15(14)21)11-16(30(2,26)27)22-17(29-19)23(18(24)25)12-28-8-9-31(3,4)5/h6-7,10-11H,8-9,12H2,1-5H3,(H,24,25). The third kappa shape index (κ3) is 7.14. The molecule has 1 aromatic rings. The summed E-state index contributed by atoms with van der Waals surface area (Å²) in [6.07, 6.45) is 0.975. The van der Waals surface area contributed by atoms with E-state index in [0.717, 1.165) is 29.0 Å². The average Bonchev–Trinajstić information content (AvgIpc) is 2.61. The summed E-state index contributed by atoms with van der Waals surface area (Å²) in [4.78, 5) is 16.8. The van der Waals surface area contributed by atoms with Crippen LogP contribution in [0.5, 0.6) is 0 Å². The van der Waals surface area contributed by atoms with E-state index in [1.807, 2.05) is 0 Å². The maximum Gasteiger partial charge on any atom is 0.415 e. The summed E-state index contributed by atoms with van der Waals surface area (Å²) >= 11 is 4.25. The number of benzene rings is 1. The predicted octanol–water partition coefficient (Wildman–Crippen LogP) is 5.08. The van der Waals surface area contributed by atoms with Gasteiger partial charge in [-0.15, -0.1) is 0 Å². The van der Waals surface area contributed by atoms with Crippen molar-refractivity contribution in [3.8, 4) is 0 Å². The Morgan fingerprint density at radius 1 is 1.39 bits per heavy atom. The quantitative estimate of drug-likeness (QED) is 0.287. The Bertz CT molecular complexity index is 1030. The van der Waals surface area contributed by atoms with Gasteiger partial charge < -0.3 is 9.84 Å². The lowest BCUT2D eigenvalue weighted by atomic mass is 9.99. The third-order valence-corrected chi connectivity index (χ3v) is 8.85. The largest absolute Gasteiger partial charge is 0.465 e. The minimum absolute atomic E-state index is 0.0923. The van der Waals surface area contributed by atoms with Crippen molar-refractivity contribution in [2.24, 2.45) is 4.99 Å². The molecule has 1 aliphatic heterocycles. The van der Waals surface area contributed by atoms with E-state index in [0.29, 0.717) is 11.1 Å². The number of sulfone groups is 1. The number of carboxylic acid groups (broad SMARTS) is 1. The van der Waals surface area contributed by atoms with Gasteiger partial charge in [-0.25, -0.2) is 27.5 Å². The summed E-state index contributed by atoms with van der Waals surface area (Å²) < 4.78 is 44.2. The van der Waals surface area contributed by atoms with Gasteiger partial charge in [0.2, 0.25) is 0 Å². The van der Waals surface area contributed by atoms with Crippen molar-refractivity contribution in [2.45, 2.75) is 37.4 Å². The fourth-order valence-electron chi connectivity index (χ4n) is 2.65. The van der Waals surface area contributed by atoms with E-state index in [-0.39, 0.29) is 22.5 Å². The first kappa shape index (κ1) is 26.0. The number of amidine groups is 1. The number of amides is 1. The average molecular weight is 554 g/mol. The molecule has 172 valence electrons. The fourth-order valence-corrected chi connectivity index (χ4v) is 5.80. The summed E-state index contributed by atoms with van der Waals surface area (Å²) in [5.41, 5.74) is 0.199. The van der Waals surface area contributed by atoms with Crippen LogP contribution >= 0.6 is 27.7 Å². The van der Waals surface area contributed by atoms with E-state index in [4.69, 9.17) is 4.74 Å². The second-order valence-corrected chi connectivity index (χ2v) is 18.5. The van der Waals surface area contributed by atoms with Gasteiger partial charge in [0.05, 0.1) is 4.75 Å². The number of carbonyl (C=O) groups is 1. The first-order valence-electron chi connectivity index (χ1n) is 9.37. The minimum atomic E-state index is -3.79. The number of thioether (sulfide) groups is 1. The molecule has 1 aliphatic rings.